The topological polar surface area (TPSA) is 76.7 Å². The minimum Gasteiger partial charge on any atom is -0.484 e. The van der Waals surface area contributed by atoms with E-state index in [0.29, 0.717) is 12.5 Å². The minimum absolute atomic E-state index is 0.00780. The fourth-order valence-electron chi connectivity index (χ4n) is 2.99. The number of rotatable bonds is 6. The number of hydrogen-bond acceptors (Lipinski definition) is 4. The summed E-state index contributed by atoms with van der Waals surface area (Å²) >= 11 is 5.61. The lowest BCUT2D eigenvalue weighted by Gasteiger charge is -2.29. The van der Waals surface area contributed by atoms with Crippen LogP contribution in [-0.4, -0.2) is 36.8 Å². The Bertz CT molecular complexity index is 685. The van der Waals surface area contributed by atoms with Gasteiger partial charge in [-0.1, -0.05) is 11.6 Å². The third-order valence-electron chi connectivity index (χ3n) is 4.40. The Kier molecular flexibility index (Phi) is 7.92. The molecule has 0 saturated heterocycles. The van der Waals surface area contributed by atoms with Crippen molar-refractivity contribution in [3.8, 4) is 5.75 Å². The molecule has 1 aliphatic rings. The molecule has 6 nitrogen and oxygen atoms in total. The van der Waals surface area contributed by atoms with Crippen LogP contribution in [0, 0.1) is 11.7 Å². The molecule has 0 spiro atoms. The smallest absolute Gasteiger partial charge is 0.407 e. The Morgan fingerprint density at radius 1 is 1.21 bits per heavy atom. The van der Waals surface area contributed by atoms with Gasteiger partial charge in [-0.25, -0.2) is 9.18 Å². The fourth-order valence-corrected chi connectivity index (χ4v) is 3.11. The van der Waals surface area contributed by atoms with Crippen LogP contribution in [0.5, 0.6) is 5.75 Å². The monoisotopic (exact) mass is 414 g/mol. The van der Waals surface area contributed by atoms with Crippen LogP contribution in [0.15, 0.2) is 18.2 Å². The van der Waals surface area contributed by atoms with Gasteiger partial charge in [-0.05, 0) is 64.5 Å². The summed E-state index contributed by atoms with van der Waals surface area (Å²) in [5.74, 6) is -0.283. The average molecular weight is 415 g/mol. The number of carbonyl (C=O) groups excluding carboxylic acids is 2. The van der Waals surface area contributed by atoms with Crippen molar-refractivity contribution in [1.82, 2.24) is 10.6 Å². The van der Waals surface area contributed by atoms with Crippen molar-refractivity contribution in [2.75, 3.05) is 13.2 Å². The lowest BCUT2D eigenvalue weighted by Crippen LogP contribution is -2.42. The van der Waals surface area contributed by atoms with E-state index in [1.165, 1.54) is 12.1 Å². The molecule has 1 aromatic rings. The third kappa shape index (κ3) is 7.92. The molecule has 8 heteroatoms. The van der Waals surface area contributed by atoms with E-state index in [9.17, 15) is 14.0 Å². The molecule has 0 radical (unpaired) electrons. The van der Waals surface area contributed by atoms with Crippen LogP contribution >= 0.6 is 11.6 Å². The predicted molar refractivity (Wildman–Crippen MR) is 105 cm³/mol. The maximum Gasteiger partial charge on any atom is 0.407 e. The zero-order chi connectivity index (χ0) is 20.7. The predicted octanol–water partition coefficient (Wildman–Crippen LogP) is 4.06. The van der Waals surface area contributed by atoms with Gasteiger partial charge < -0.3 is 20.1 Å². The number of halogens is 2. The summed E-state index contributed by atoms with van der Waals surface area (Å²) in [5, 5.41) is 5.70. The summed E-state index contributed by atoms with van der Waals surface area (Å²) in [5.41, 5.74) is -0.321. The van der Waals surface area contributed by atoms with E-state index >= 15 is 0 Å². The number of alkyl carbamates (subject to hydrolysis) is 1. The maximum absolute atomic E-state index is 13.4. The van der Waals surface area contributed by atoms with Crippen LogP contribution in [0.25, 0.3) is 0 Å². The first kappa shape index (κ1) is 22.3. The highest BCUT2D eigenvalue weighted by Crippen LogP contribution is 2.25. The van der Waals surface area contributed by atoms with Gasteiger partial charge in [0.2, 0.25) is 0 Å². The lowest BCUT2D eigenvalue weighted by molar-refractivity contribution is -0.124. The second-order valence-electron chi connectivity index (χ2n) is 8.12. The molecule has 0 unspecified atom stereocenters. The van der Waals surface area contributed by atoms with Crippen LogP contribution in [0.2, 0.25) is 5.02 Å². The maximum atomic E-state index is 13.4. The van der Waals surface area contributed by atoms with Crippen molar-refractivity contribution in [2.45, 2.75) is 58.0 Å². The summed E-state index contributed by atoms with van der Waals surface area (Å²) in [7, 11) is 0. The Morgan fingerprint density at radius 2 is 1.89 bits per heavy atom. The van der Waals surface area contributed by atoms with Crippen LogP contribution in [0.1, 0.15) is 46.5 Å². The van der Waals surface area contributed by atoms with Crippen molar-refractivity contribution in [2.24, 2.45) is 5.92 Å². The number of nitrogens with one attached hydrogen (secondary N) is 2. The van der Waals surface area contributed by atoms with Gasteiger partial charge in [-0.3, -0.25) is 4.79 Å². The van der Waals surface area contributed by atoms with Gasteiger partial charge in [0, 0.05) is 17.6 Å². The highest BCUT2D eigenvalue weighted by molar-refractivity contribution is 6.30. The molecule has 0 bridgehead atoms. The van der Waals surface area contributed by atoms with Crippen molar-refractivity contribution < 1.29 is 23.5 Å². The molecule has 2 N–H and O–H groups in total. The zero-order valence-corrected chi connectivity index (χ0v) is 17.3. The van der Waals surface area contributed by atoms with E-state index in [-0.39, 0.29) is 34.9 Å². The summed E-state index contributed by atoms with van der Waals surface area (Å²) in [6, 6.07) is 4.11. The highest BCUT2D eigenvalue weighted by Gasteiger charge is 2.24. The van der Waals surface area contributed by atoms with Crippen LogP contribution in [0.4, 0.5) is 9.18 Å². The molecule has 28 heavy (non-hydrogen) atoms. The summed E-state index contributed by atoms with van der Waals surface area (Å²) in [4.78, 5) is 23.7. The number of ether oxygens (including phenoxy) is 2. The molecule has 0 aliphatic heterocycles. The Balaban J connectivity index is 1.64. The van der Waals surface area contributed by atoms with E-state index < -0.39 is 11.9 Å². The van der Waals surface area contributed by atoms with Crippen LogP contribution < -0.4 is 15.4 Å². The van der Waals surface area contributed by atoms with Crippen LogP contribution in [0.3, 0.4) is 0 Å². The Labute approximate surface area is 170 Å². The summed E-state index contributed by atoms with van der Waals surface area (Å²) in [6.45, 7) is 5.89. The molecule has 1 fully saturated rings. The summed E-state index contributed by atoms with van der Waals surface area (Å²) < 4.78 is 23.9. The normalized spacial score (nSPS) is 19.6. The molecular formula is C20H28ClFN2O4. The second-order valence-corrected chi connectivity index (χ2v) is 8.53. The van der Waals surface area contributed by atoms with E-state index in [1.807, 2.05) is 20.8 Å². The third-order valence-corrected chi connectivity index (χ3v) is 4.71. The highest BCUT2D eigenvalue weighted by atomic mass is 35.5. The SMILES string of the molecule is CC(C)(C)NC(=O)OCC1CCC(NC(=O)COc2ccc(Cl)c(F)c2)CC1. The second kappa shape index (κ2) is 9.96. The number of hydrogen-bond donors (Lipinski definition) is 2. The molecule has 0 atom stereocenters. The van der Waals surface area contributed by atoms with Gasteiger partial charge in [-0.15, -0.1) is 0 Å². The summed E-state index contributed by atoms with van der Waals surface area (Å²) in [6.07, 6.45) is 2.97. The molecule has 0 aromatic heterocycles. The standard InChI is InChI=1S/C20H28ClFN2O4/c1-20(2,3)24-19(26)28-11-13-4-6-14(7-5-13)23-18(25)12-27-15-8-9-16(21)17(22)10-15/h8-10,13-14H,4-7,11-12H2,1-3H3,(H,23,25)(H,24,26). The van der Waals surface area contributed by atoms with E-state index in [0.717, 1.165) is 31.7 Å². The van der Waals surface area contributed by atoms with E-state index in [1.54, 1.807) is 0 Å². The molecular weight excluding hydrogens is 387 g/mol. The molecule has 156 valence electrons. The lowest BCUT2D eigenvalue weighted by atomic mass is 9.86. The van der Waals surface area contributed by atoms with Gasteiger partial charge in [0.15, 0.2) is 6.61 Å². The molecule has 1 aliphatic carbocycles. The van der Waals surface area contributed by atoms with Crippen molar-refractivity contribution in [3.05, 3.63) is 29.0 Å². The quantitative estimate of drug-likeness (QED) is 0.736. The Hall–Kier alpha value is -2.02. The molecule has 0 heterocycles. The Morgan fingerprint density at radius 3 is 2.50 bits per heavy atom. The first-order valence-corrected chi connectivity index (χ1v) is 9.82. The van der Waals surface area contributed by atoms with Crippen molar-refractivity contribution in [3.63, 3.8) is 0 Å². The first-order chi connectivity index (χ1) is 13.1. The van der Waals surface area contributed by atoms with Crippen LogP contribution in [-0.2, 0) is 9.53 Å². The molecule has 1 aromatic carbocycles. The molecule has 2 amide bonds. The van der Waals surface area contributed by atoms with Gasteiger partial charge in [0.25, 0.3) is 5.91 Å². The van der Waals surface area contributed by atoms with Gasteiger partial charge >= 0.3 is 6.09 Å². The fraction of sp³-hybridized carbons (Fsp3) is 0.600. The number of benzene rings is 1. The van der Waals surface area contributed by atoms with Crippen molar-refractivity contribution in [1.29, 1.82) is 0 Å². The number of carbonyl (C=O) groups is 2. The number of amides is 2. The minimum atomic E-state index is -0.587. The van der Waals surface area contributed by atoms with E-state index in [2.05, 4.69) is 10.6 Å². The van der Waals surface area contributed by atoms with Gasteiger partial charge in [0.05, 0.1) is 11.6 Å². The van der Waals surface area contributed by atoms with E-state index in [4.69, 9.17) is 21.1 Å². The largest absolute Gasteiger partial charge is 0.484 e. The first-order valence-electron chi connectivity index (χ1n) is 9.44. The van der Waals surface area contributed by atoms with Gasteiger partial charge in [-0.2, -0.15) is 0 Å². The molecule has 1 saturated carbocycles. The average Bonchev–Trinajstić information content (AvgIpc) is 2.61. The van der Waals surface area contributed by atoms with Gasteiger partial charge in [0.1, 0.15) is 11.6 Å². The zero-order valence-electron chi connectivity index (χ0n) is 16.5. The van der Waals surface area contributed by atoms with Crippen molar-refractivity contribution >= 4 is 23.6 Å². The molecule has 2 rings (SSSR count).